The number of carbonyl (C=O) groups is 1. The molecule has 0 fully saturated rings. The van der Waals surface area contributed by atoms with Gasteiger partial charge < -0.3 is 0 Å². The van der Waals surface area contributed by atoms with E-state index in [1.807, 2.05) is 35.2 Å². The fourth-order valence-corrected chi connectivity index (χ4v) is 3.70. The lowest BCUT2D eigenvalue weighted by Gasteiger charge is -2.20. The average Bonchev–Trinajstić information content (AvgIpc) is 3.05. The summed E-state index contributed by atoms with van der Waals surface area (Å²) in [5, 5.41) is 0.738. The zero-order valence-electron chi connectivity index (χ0n) is 14.6. The van der Waals surface area contributed by atoms with Crippen LogP contribution in [-0.2, 0) is 0 Å². The first-order chi connectivity index (χ1) is 12.0. The molecular formula is C21H20N2OS. The van der Waals surface area contributed by atoms with E-state index in [0.717, 1.165) is 28.2 Å². The van der Waals surface area contributed by atoms with Crippen LogP contribution in [0.15, 0.2) is 55.2 Å². The maximum Gasteiger partial charge on any atom is 0.195 e. The van der Waals surface area contributed by atoms with E-state index in [2.05, 4.69) is 39.5 Å². The van der Waals surface area contributed by atoms with E-state index in [1.54, 1.807) is 6.20 Å². The van der Waals surface area contributed by atoms with Gasteiger partial charge in [-0.2, -0.15) is 0 Å². The number of hydrogen-bond acceptors (Lipinski definition) is 4. The van der Waals surface area contributed by atoms with Gasteiger partial charge in [0.2, 0.25) is 0 Å². The molecule has 1 heterocycles. The third-order valence-corrected chi connectivity index (χ3v) is 5.24. The van der Waals surface area contributed by atoms with Crippen LogP contribution in [0.5, 0.6) is 0 Å². The van der Waals surface area contributed by atoms with Crippen molar-refractivity contribution < 1.29 is 4.79 Å². The van der Waals surface area contributed by atoms with Crippen molar-refractivity contribution in [1.29, 1.82) is 0 Å². The summed E-state index contributed by atoms with van der Waals surface area (Å²) in [6.45, 7) is 10.2. The Hall–Kier alpha value is -2.72. The first kappa shape index (κ1) is 17.1. The molecule has 0 radical (unpaired) electrons. The highest BCUT2D eigenvalue weighted by Gasteiger charge is 2.18. The number of nitrogens with zero attached hydrogens (tertiary/aromatic N) is 2. The van der Waals surface area contributed by atoms with Gasteiger partial charge in [-0.15, -0.1) is 0 Å². The van der Waals surface area contributed by atoms with Gasteiger partial charge in [0.1, 0.15) is 0 Å². The molecule has 2 aromatic carbocycles. The van der Waals surface area contributed by atoms with Gasteiger partial charge in [0.05, 0.1) is 16.3 Å². The number of carbonyl (C=O) groups excluding carboxylic acids is 1. The molecule has 0 saturated heterocycles. The summed E-state index contributed by atoms with van der Waals surface area (Å²) in [5.74, 6) is 0. The molecule has 0 unspecified atom stereocenters. The molecule has 0 bridgehead atoms. The second-order valence-corrected chi connectivity index (χ2v) is 6.98. The highest BCUT2D eigenvalue weighted by Crippen LogP contribution is 2.37. The molecule has 0 atom stereocenters. The Morgan fingerprint density at radius 1 is 1.04 bits per heavy atom. The predicted octanol–water partition coefficient (Wildman–Crippen LogP) is 5.83. The molecule has 3 aromatic rings. The number of hydrogen-bond donors (Lipinski definition) is 0. The number of aldehydes is 1. The minimum Gasteiger partial charge on any atom is -0.297 e. The van der Waals surface area contributed by atoms with E-state index < -0.39 is 0 Å². The molecule has 3 rings (SSSR count). The van der Waals surface area contributed by atoms with Gasteiger partial charge in [-0.05, 0) is 43.5 Å². The van der Waals surface area contributed by atoms with Crippen molar-refractivity contribution in [2.24, 2.45) is 0 Å². The largest absolute Gasteiger partial charge is 0.297 e. The van der Waals surface area contributed by atoms with E-state index in [-0.39, 0.29) is 0 Å². The summed E-state index contributed by atoms with van der Waals surface area (Å²) in [5.41, 5.74) is 6.29. The van der Waals surface area contributed by atoms with Crippen molar-refractivity contribution >= 4 is 28.4 Å². The molecule has 0 aliphatic carbocycles. The predicted molar refractivity (Wildman–Crippen MR) is 106 cm³/mol. The molecule has 25 heavy (non-hydrogen) atoms. The summed E-state index contributed by atoms with van der Waals surface area (Å²) in [6, 6.07) is 14.1. The van der Waals surface area contributed by atoms with Crippen LogP contribution in [0.1, 0.15) is 26.4 Å². The van der Waals surface area contributed by atoms with Crippen molar-refractivity contribution in [2.45, 2.75) is 20.8 Å². The van der Waals surface area contributed by atoms with E-state index >= 15 is 0 Å². The molecule has 1 aromatic heterocycles. The van der Waals surface area contributed by atoms with E-state index in [0.29, 0.717) is 10.6 Å². The normalized spacial score (nSPS) is 10.5. The van der Waals surface area contributed by atoms with Gasteiger partial charge in [0.15, 0.2) is 11.4 Å². The Balaban J connectivity index is 2.12. The number of anilines is 2. The Kier molecular flexibility index (Phi) is 4.81. The van der Waals surface area contributed by atoms with Gasteiger partial charge in [-0.1, -0.05) is 54.3 Å². The van der Waals surface area contributed by atoms with Gasteiger partial charge in [-0.3, -0.25) is 9.69 Å². The molecule has 0 aliphatic rings. The molecule has 0 amide bonds. The van der Waals surface area contributed by atoms with Crippen LogP contribution < -0.4 is 4.90 Å². The first-order valence-corrected chi connectivity index (χ1v) is 8.88. The molecular weight excluding hydrogens is 328 g/mol. The number of aromatic nitrogens is 1. The molecule has 0 aliphatic heterocycles. The number of aryl methyl sites for hydroxylation is 3. The van der Waals surface area contributed by atoms with Gasteiger partial charge in [-0.25, -0.2) is 4.98 Å². The van der Waals surface area contributed by atoms with Crippen molar-refractivity contribution in [1.82, 2.24) is 4.98 Å². The molecule has 0 N–H and O–H groups in total. The van der Waals surface area contributed by atoms with Crippen LogP contribution in [0.4, 0.5) is 10.8 Å². The van der Waals surface area contributed by atoms with Gasteiger partial charge >= 0.3 is 0 Å². The second kappa shape index (κ2) is 7.03. The van der Waals surface area contributed by atoms with Gasteiger partial charge in [0.25, 0.3) is 0 Å². The highest BCUT2D eigenvalue weighted by atomic mass is 32.1. The van der Waals surface area contributed by atoms with Crippen LogP contribution in [0.25, 0.3) is 11.3 Å². The second-order valence-electron chi connectivity index (χ2n) is 5.97. The first-order valence-electron chi connectivity index (χ1n) is 8.06. The Morgan fingerprint density at radius 2 is 1.72 bits per heavy atom. The van der Waals surface area contributed by atoms with E-state index in [9.17, 15) is 4.79 Å². The van der Waals surface area contributed by atoms with Crippen molar-refractivity contribution in [3.05, 3.63) is 76.8 Å². The third-order valence-electron chi connectivity index (χ3n) is 4.26. The van der Waals surface area contributed by atoms with E-state index in [1.165, 1.54) is 22.5 Å². The van der Waals surface area contributed by atoms with Crippen LogP contribution in [0.2, 0.25) is 0 Å². The lowest BCUT2D eigenvalue weighted by atomic mass is 10.0. The minimum atomic E-state index is 0.620. The molecule has 3 nitrogen and oxygen atoms in total. The summed E-state index contributed by atoms with van der Waals surface area (Å²) in [7, 11) is 0. The topological polar surface area (TPSA) is 33.2 Å². The smallest absolute Gasteiger partial charge is 0.195 e. The SMILES string of the molecule is C=CN(c1nc(-c2ccccc2)c(C=O)s1)c1cc(C)c(C)cc1C. The molecule has 126 valence electrons. The van der Waals surface area contributed by atoms with Crippen LogP contribution in [0.3, 0.4) is 0 Å². The highest BCUT2D eigenvalue weighted by molar-refractivity contribution is 7.17. The van der Waals surface area contributed by atoms with Crippen molar-refractivity contribution in [3.63, 3.8) is 0 Å². The Bertz CT molecular complexity index is 929. The standard InChI is InChI=1S/C21H20N2OS/c1-5-23(18-12-15(3)14(2)11-16(18)4)21-22-20(19(13-24)25-21)17-9-7-6-8-10-17/h5-13H,1H2,2-4H3. The van der Waals surface area contributed by atoms with E-state index in [4.69, 9.17) is 4.98 Å². The summed E-state index contributed by atoms with van der Waals surface area (Å²) >= 11 is 1.38. The van der Waals surface area contributed by atoms with Crippen LogP contribution in [0, 0.1) is 20.8 Å². The molecule has 0 spiro atoms. The summed E-state index contributed by atoms with van der Waals surface area (Å²) < 4.78 is 0. The lowest BCUT2D eigenvalue weighted by molar-refractivity contribution is 0.112. The molecule has 0 saturated carbocycles. The maximum absolute atomic E-state index is 11.6. The number of benzene rings is 2. The van der Waals surface area contributed by atoms with Gasteiger partial charge in [0, 0.05) is 11.8 Å². The lowest BCUT2D eigenvalue weighted by Crippen LogP contribution is -2.09. The fourth-order valence-electron chi connectivity index (χ4n) is 2.79. The Labute approximate surface area is 152 Å². The fraction of sp³-hybridized carbons (Fsp3) is 0.143. The van der Waals surface area contributed by atoms with Crippen molar-refractivity contribution in [3.8, 4) is 11.3 Å². The van der Waals surface area contributed by atoms with Crippen LogP contribution in [-0.4, -0.2) is 11.3 Å². The minimum absolute atomic E-state index is 0.620. The number of thiazole rings is 1. The number of rotatable bonds is 5. The summed E-state index contributed by atoms with van der Waals surface area (Å²) in [4.78, 5) is 18.9. The Morgan fingerprint density at radius 3 is 2.36 bits per heavy atom. The average molecular weight is 348 g/mol. The maximum atomic E-state index is 11.6. The van der Waals surface area contributed by atoms with Crippen molar-refractivity contribution in [2.75, 3.05) is 4.90 Å². The summed E-state index contributed by atoms with van der Waals surface area (Å²) in [6.07, 6.45) is 2.62. The quantitative estimate of drug-likeness (QED) is 0.544. The monoisotopic (exact) mass is 348 g/mol. The molecule has 4 heteroatoms. The van der Waals surface area contributed by atoms with Crippen LogP contribution >= 0.6 is 11.3 Å². The third kappa shape index (κ3) is 3.26. The zero-order valence-corrected chi connectivity index (χ0v) is 15.4. The zero-order chi connectivity index (χ0) is 18.0.